The van der Waals surface area contributed by atoms with Crippen LogP contribution < -0.4 is 11.4 Å². The minimum atomic E-state index is -0.540. The molecule has 0 radical (unpaired) electrons. The zero-order chi connectivity index (χ0) is 11.7. The molecule has 0 bridgehead atoms. The van der Waals surface area contributed by atoms with Crippen LogP contribution in [0, 0.1) is 0 Å². The van der Waals surface area contributed by atoms with Crippen LogP contribution in [0.5, 0.6) is 0 Å². The number of aromatic nitrogens is 3. The van der Waals surface area contributed by atoms with Crippen LogP contribution in [0.3, 0.4) is 0 Å². The Morgan fingerprint density at radius 1 is 1.00 bits per heavy atom. The summed E-state index contributed by atoms with van der Waals surface area (Å²) in [6, 6.07) is 9.14. The van der Waals surface area contributed by atoms with Crippen LogP contribution in [0.25, 0.3) is 11.4 Å². The lowest BCUT2D eigenvalue weighted by atomic mass is 10.2. The van der Waals surface area contributed by atoms with Crippen molar-refractivity contribution in [1.82, 2.24) is 14.1 Å². The Balaban J connectivity index is 2.78. The third kappa shape index (κ3) is 1.56. The first-order valence-electron chi connectivity index (χ1n) is 4.80. The second-order valence-corrected chi connectivity index (χ2v) is 3.48. The molecule has 1 heterocycles. The number of hydrogen-bond donors (Lipinski definition) is 0. The Bertz CT molecular complexity index is 626. The van der Waals surface area contributed by atoms with E-state index in [1.165, 1.54) is 11.6 Å². The normalized spacial score (nSPS) is 10.4. The number of rotatable bonds is 1. The Labute approximate surface area is 91.6 Å². The van der Waals surface area contributed by atoms with Crippen LogP contribution in [-0.2, 0) is 14.1 Å². The van der Waals surface area contributed by atoms with Crippen molar-refractivity contribution in [1.29, 1.82) is 0 Å². The highest BCUT2D eigenvalue weighted by molar-refractivity contribution is 5.54. The lowest BCUT2D eigenvalue weighted by Gasteiger charge is -2.07. The highest BCUT2D eigenvalue weighted by Gasteiger charge is 2.08. The summed E-state index contributed by atoms with van der Waals surface area (Å²) in [6.45, 7) is 0. The van der Waals surface area contributed by atoms with E-state index in [4.69, 9.17) is 0 Å². The van der Waals surface area contributed by atoms with Gasteiger partial charge in [0.05, 0.1) is 0 Å². The zero-order valence-electron chi connectivity index (χ0n) is 9.04. The molecule has 0 N–H and O–H groups in total. The van der Waals surface area contributed by atoms with Gasteiger partial charge in [0.25, 0.3) is 0 Å². The topological polar surface area (TPSA) is 56.9 Å². The average Bonchev–Trinajstić information content (AvgIpc) is 2.32. The summed E-state index contributed by atoms with van der Waals surface area (Å²) in [4.78, 5) is 27.0. The van der Waals surface area contributed by atoms with Gasteiger partial charge in [-0.25, -0.2) is 14.2 Å². The standard InChI is InChI=1S/C11H11N3O2/c1-13-9(8-6-4-3-5-7-8)12-10(15)14(2)11(13)16/h3-7H,1-2H3. The van der Waals surface area contributed by atoms with E-state index >= 15 is 0 Å². The van der Waals surface area contributed by atoms with Gasteiger partial charge in [0.15, 0.2) is 0 Å². The van der Waals surface area contributed by atoms with E-state index in [2.05, 4.69) is 4.98 Å². The molecule has 1 aromatic carbocycles. The van der Waals surface area contributed by atoms with Crippen LogP contribution in [0.1, 0.15) is 0 Å². The predicted octanol–water partition coefficient (Wildman–Crippen LogP) is 0.146. The Morgan fingerprint density at radius 3 is 2.25 bits per heavy atom. The Kier molecular flexibility index (Phi) is 2.44. The van der Waals surface area contributed by atoms with Gasteiger partial charge in [-0.15, -0.1) is 0 Å². The summed E-state index contributed by atoms with van der Waals surface area (Å²) >= 11 is 0. The van der Waals surface area contributed by atoms with E-state index < -0.39 is 5.69 Å². The van der Waals surface area contributed by atoms with Gasteiger partial charge in [-0.3, -0.25) is 4.57 Å². The van der Waals surface area contributed by atoms with Crippen molar-refractivity contribution < 1.29 is 0 Å². The lowest BCUT2D eigenvalue weighted by Crippen LogP contribution is -2.39. The highest BCUT2D eigenvalue weighted by atomic mass is 16.2. The fraction of sp³-hybridized carbons (Fsp3) is 0.182. The molecular formula is C11H11N3O2. The van der Waals surface area contributed by atoms with Crippen molar-refractivity contribution in [2.75, 3.05) is 0 Å². The van der Waals surface area contributed by atoms with Gasteiger partial charge in [0.2, 0.25) is 0 Å². The Hall–Kier alpha value is -2.17. The molecule has 0 amide bonds. The molecule has 5 nitrogen and oxygen atoms in total. The first-order valence-corrected chi connectivity index (χ1v) is 4.80. The van der Waals surface area contributed by atoms with Gasteiger partial charge < -0.3 is 0 Å². The maximum Gasteiger partial charge on any atom is 0.353 e. The van der Waals surface area contributed by atoms with Gasteiger partial charge >= 0.3 is 11.4 Å². The van der Waals surface area contributed by atoms with Crippen LogP contribution in [0.2, 0.25) is 0 Å². The monoisotopic (exact) mass is 217 g/mol. The summed E-state index contributed by atoms with van der Waals surface area (Å²) < 4.78 is 2.34. The van der Waals surface area contributed by atoms with Crippen molar-refractivity contribution in [3.63, 3.8) is 0 Å². The molecule has 0 atom stereocenters. The van der Waals surface area contributed by atoms with Crippen molar-refractivity contribution in [2.45, 2.75) is 0 Å². The second kappa shape index (κ2) is 3.77. The fourth-order valence-electron chi connectivity index (χ4n) is 1.48. The molecule has 0 aliphatic rings. The van der Waals surface area contributed by atoms with E-state index in [0.29, 0.717) is 5.82 Å². The third-order valence-electron chi connectivity index (χ3n) is 2.41. The molecule has 0 fully saturated rings. The molecule has 5 heteroatoms. The van der Waals surface area contributed by atoms with E-state index in [1.807, 2.05) is 18.2 Å². The van der Waals surface area contributed by atoms with Gasteiger partial charge in [-0.1, -0.05) is 30.3 Å². The first kappa shape index (κ1) is 10.4. The fourth-order valence-corrected chi connectivity index (χ4v) is 1.48. The van der Waals surface area contributed by atoms with Crippen molar-refractivity contribution in [3.8, 4) is 11.4 Å². The molecule has 0 unspecified atom stereocenters. The zero-order valence-corrected chi connectivity index (χ0v) is 9.04. The van der Waals surface area contributed by atoms with Crippen molar-refractivity contribution in [3.05, 3.63) is 51.3 Å². The molecular weight excluding hydrogens is 206 g/mol. The van der Waals surface area contributed by atoms with Crippen molar-refractivity contribution in [2.24, 2.45) is 14.1 Å². The minimum Gasteiger partial charge on any atom is -0.280 e. The summed E-state index contributed by atoms with van der Waals surface area (Å²) in [5.74, 6) is 0.383. The predicted molar refractivity (Wildman–Crippen MR) is 60.2 cm³/mol. The van der Waals surface area contributed by atoms with Crippen LogP contribution in [-0.4, -0.2) is 14.1 Å². The summed E-state index contributed by atoms with van der Waals surface area (Å²) in [6.07, 6.45) is 0. The first-order chi connectivity index (χ1) is 7.61. The van der Waals surface area contributed by atoms with Gasteiger partial charge in [0, 0.05) is 19.7 Å². The third-order valence-corrected chi connectivity index (χ3v) is 2.41. The number of nitrogens with zero attached hydrogens (tertiary/aromatic N) is 3. The molecule has 0 saturated heterocycles. The largest absolute Gasteiger partial charge is 0.353 e. The second-order valence-electron chi connectivity index (χ2n) is 3.48. The quantitative estimate of drug-likeness (QED) is 0.683. The lowest BCUT2D eigenvalue weighted by molar-refractivity contribution is 0.653. The van der Waals surface area contributed by atoms with Crippen LogP contribution >= 0.6 is 0 Å². The highest BCUT2D eigenvalue weighted by Crippen LogP contribution is 2.11. The molecule has 1 aromatic heterocycles. The molecule has 0 saturated carbocycles. The summed E-state index contributed by atoms with van der Waals surface area (Å²) in [5, 5.41) is 0. The Morgan fingerprint density at radius 2 is 1.62 bits per heavy atom. The summed E-state index contributed by atoms with van der Waals surface area (Å²) in [5.41, 5.74) is -0.166. The SMILES string of the molecule is Cn1c(-c2ccccc2)nc(=O)n(C)c1=O. The van der Waals surface area contributed by atoms with Crippen molar-refractivity contribution >= 4 is 0 Å². The molecule has 0 spiro atoms. The van der Waals surface area contributed by atoms with E-state index in [1.54, 1.807) is 19.2 Å². The molecule has 2 aromatic rings. The van der Waals surface area contributed by atoms with Crippen LogP contribution in [0.15, 0.2) is 39.9 Å². The van der Waals surface area contributed by atoms with E-state index in [-0.39, 0.29) is 5.69 Å². The minimum absolute atomic E-state index is 0.376. The summed E-state index contributed by atoms with van der Waals surface area (Å²) in [7, 11) is 3.00. The molecule has 2 rings (SSSR count). The number of benzene rings is 1. The molecule has 0 aliphatic heterocycles. The maximum absolute atomic E-state index is 11.7. The smallest absolute Gasteiger partial charge is 0.280 e. The number of hydrogen-bond acceptors (Lipinski definition) is 3. The average molecular weight is 217 g/mol. The van der Waals surface area contributed by atoms with Gasteiger partial charge in [-0.05, 0) is 0 Å². The van der Waals surface area contributed by atoms with Crippen LogP contribution in [0.4, 0.5) is 0 Å². The van der Waals surface area contributed by atoms with Gasteiger partial charge in [0.1, 0.15) is 5.82 Å². The molecule has 16 heavy (non-hydrogen) atoms. The maximum atomic E-state index is 11.7. The molecule has 0 aliphatic carbocycles. The van der Waals surface area contributed by atoms with E-state index in [0.717, 1.165) is 10.1 Å². The molecule has 82 valence electrons. The van der Waals surface area contributed by atoms with Gasteiger partial charge in [-0.2, -0.15) is 4.98 Å². The van der Waals surface area contributed by atoms with E-state index in [9.17, 15) is 9.59 Å².